The van der Waals surface area contributed by atoms with E-state index in [-0.39, 0.29) is 5.69 Å². The van der Waals surface area contributed by atoms with Gasteiger partial charge in [-0.1, -0.05) is 0 Å². The van der Waals surface area contributed by atoms with E-state index in [0.717, 1.165) is 11.9 Å². The van der Waals surface area contributed by atoms with Crippen molar-refractivity contribution in [2.75, 3.05) is 11.9 Å². The van der Waals surface area contributed by atoms with Gasteiger partial charge in [0, 0.05) is 25.4 Å². The van der Waals surface area contributed by atoms with Crippen molar-refractivity contribution in [2.45, 2.75) is 6.42 Å². The van der Waals surface area contributed by atoms with Gasteiger partial charge < -0.3 is 10.3 Å². The molecule has 0 amide bonds. The van der Waals surface area contributed by atoms with Crippen LogP contribution in [0.1, 0.15) is 5.82 Å². The molecule has 0 unspecified atom stereocenters. The lowest BCUT2D eigenvalue weighted by atomic mass is 10.2. The number of nitrogens with zero attached hydrogens (tertiary/aromatic N) is 2. The van der Waals surface area contributed by atoms with Crippen molar-refractivity contribution < 1.29 is 9.31 Å². The molecule has 0 aliphatic carbocycles. The second-order valence-electron chi connectivity index (χ2n) is 3.63. The van der Waals surface area contributed by atoms with Crippen molar-refractivity contribution in [3.63, 3.8) is 0 Å². The zero-order chi connectivity index (χ0) is 13.0. The number of rotatable bonds is 5. The molecule has 2 N–H and O–H groups in total. The minimum Gasteiger partial charge on any atom is -0.379 e. The Morgan fingerprint density at radius 2 is 2.33 bits per heavy atom. The topological polar surface area (TPSA) is 83.8 Å². The second-order valence-corrected chi connectivity index (χ2v) is 3.63. The summed E-state index contributed by atoms with van der Waals surface area (Å²) in [5.41, 5.74) is 0.0300. The van der Waals surface area contributed by atoms with Gasteiger partial charge >= 0.3 is 0 Å². The standard InChI is InChI=1S/C11H11FN4O2/c12-8-1-2-9(10(7-8)16(17)18)13-4-3-11-14-5-6-15-11/h1-2,5-7,13H,3-4H2,(H,14,15). The van der Waals surface area contributed by atoms with E-state index < -0.39 is 10.7 Å². The van der Waals surface area contributed by atoms with E-state index in [9.17, 15) is 14.5 Å². The molecule has 0 fully saturated rings. The van der Waals surface area contributed by atoms with Crippen LogP contribution in [0, 0.1) is 15.9 Å². The van der Waals surface area contributed by atoms with Crippen molar-refractivity contribution in [1.29, 1.82) is 0 Å². The first-order valence-electron chi connectivity index (χ1n) is 5.33. The number of nitro groups is 1. The molecule has 0 radical (unpaired) electrons. The highest BCUT2D eigenvalue weighted by Gasteiger charge is 2.14. The van der Waals surface area contributed by atoms with Gasteiger partial charge in [0.15, 0.2) is 0 Å². The van der Waals surface area contributed by atoms with Gasteiger partial charge in [-0.15, -0.1) is 0 Å². The van der Waals surface area contributed by atoms with Crippen LogP contribution in [0.2, 0.25) is 0 Å². The van der Waals surface area contributed by atoms with E-state index in [1.165, 1.54) is 12.1 Å². The highest BCUT2D eigenvalue weighted by atomic mass is 19.1. The monoisotopic (exact) mass is 250 g/mol. The molecule has 0 saturated heterocycles. The van der Waals surface area contributed by atoms with Gasteiger partial charge in [0.1, 0.15) is 17.3 Å². The maximum Gasteiger partial charge on any atom is 0.295 e. The number of H-pyrrole nitrogens is 1. The smallest absolute Gasteiger partial charge is 0.295 e. The Balaban J connectivity index is 2.02. The molecule has 2 rings (SSSR count). The second kappa shape index (κ2) is 5.26. The molecule has 0 spiro atoms. The summed E-state index contributed by atoms with van der Waals surface area (Å²) in [5.74, 6) is 0.158. The molecule has 18 heavy (non-hydrogen) atoms. The van der Waals surface area contributed by atoms with Gasteiger partial charge in [-0.2, -0.15) is 0 Å². The Hall–Kier alpha value is -2.44. The van der Waals surface area contributed by atoms with Crippen LogP contribution < -0.4 is 5.32 Å². The fourth-order valence-electron chi connectivity index (χ4n) is 1.56. The van der Waals surface area contributed by atoms with Crippen LogP contribution in [0.15, 0.2) is 30.6 Å². The molecule has 0 saturated carbocycles. The molecular weight excluding hydrogens is 239 g/mol. The molecule has 0 aliphatic rings. The zero-order valence-corrected chi connectivity index (χ0v) is 9.39. The van der Waals surface area contributed by atoms with Crippen molar-refractivity contribution in [3.05, 3.63) is 52.3 Å². The van der Waals surface area contributed by atoms with Crippen LogP contribution in [-0.2, 0) is 6.42 Å². The fourth-order valence-corrected chi connectivity index (χ4v) is 1.56. The lowest BCUT2D eigenvalue weighted by molar-refractivity contribution is -0.384. The Morgan fingerprint density at radius 3 is 3.00 bits per heavy atom. The van der Waals surface area contributed by atoms with E-state index >= 15 is 0 Å². The summed E-state index contributed by atoms with van der Waals surface area (Å²) in [4.78, 5) is 17.1. The van der Waals surface area contributed by atoms with Crippen LogP contribution in [0.25, 0.3) is 0 Å². The summed E-state index contributed by atoms with van der Waals surface area (Å²) in [5, 5.41) is 13.6. The van der Waals surface area contributed by atoms with E-state index in [1.807, 2.05) is 0 Å². The van der Waals surface area contributed by atoms with Gasteiger partial charge in [0.25, 0.3) is 5.69 Å². The van der Waals surface area contributed by atoms with Crippen LogP contribution in [0.5, 0.6) is 0 Å². The lowest BCUT2D eigenvalue weighted by Crippen LogP contribution is -2.07. The van der Waals surface area contributed by atoms with Crippen molar-refractivity contribution in [3.8, 4) is 0 Å². The third-order valence-electron chi connectivity index (χ3n) is 2.39. The zero-order valence-electron chi connectivity index (χ0n) is 9.39. The van der Waals surface area contributed by atoms with E-state index in [2.05, 4.69) is 15.3 Å². The van der Waals surface area contributed by atoms with Gasteiger partial charge in [-0.05, 0) is 12.1 Å². The summed E-state index contributed by atoms with van der Waals surface area (Å²) in [7, 11) is 0. The number of imidazole rings is 1. The molecule has 1 aromatic carbocycles. The number of aromatic amines is 1. The number of anilines is 1. The van der Waals surface area contributed by atoms with Crippen LogP contribution in [0.3, 0.4) is 0 Å². The first-order valence-corrected chi connectivity index (χ1v) is 5.33. The highest BCUT2D eigenvalue weighted by molar-refractivity contribution is 5.61. The van der Waals surface area contributed by atoms with Crippen LogP contribution in [-0.4, -0.2) is 21.4 Å². The summed E-state index contributed by atoms with van der Waals surface area (Å²) in [6.07, 6.45) is 3.94. The predicted octanol–water partition coefficient (Wildman–Crippen LogP) is 2.11. The molecule has 1 aromatic heterocycles. The molecule has 94 valence electrons. The Morgan fingerprint density at radius 1 is 1.50 bits per heavy atom. The average Bonchev–Trinajstić information content (AvgIpc) is 2.84. The maximum absolute atomic E-state index is 12.9. The molecule has 0 bridgehead atoms. The third kappa shape index (κ3) is 2.82. The summed E-state index contributed by atoms with van der Waals surface area (Å²) in [6.45, 7) is 0.472. The number of hydrogen-bond acceptors (Lipinski definition) is 4. The van der Waals surface area contributed by atoms with Crippen molar-refractivity contribution in [2.24, 2.45) is 0 Å². The number of nitro benzene ring substituents is 1. The average molecular weight is 250 g/mol. The SMILES string of the molecule is O=[N+]([O-])c1cc(F)ccc1NCCc1ncc[nH]1. The van der Waals surface area contributed by atoms with Gasteiger partial charge in [-0.3, -0.25) is 10.1 Å². The van der Waals surface area contributed by atoms with Gasteiger partial charge in [0.05, 0.1) is 11.0 Å². The summed E-state index contributed by atoms with van der Waals surface area (Å²) >= 11 is 0. The number of halogens is 1. The van der Waals surface area contributed by atoms with E-state index in [4.69, 9.17) is 0 Å². The number of nitrogens with one attached hydrogen (secondary N) is 2. The number of aromatic nitrogens is 2. The maximum atomic E-state index is 12.9. The lowest BCUT2D eigenvalue weighted by Gasteiger charge is -2.05. The molecule has 0 atom stereocenters. The normalized spacial score (nSPS) is 10.3. The summed E-state index contributed by atoms with van der Waals surface area (Å²) in [6, 6.07) is 3.44. The minimum atomic E-state index is -0.627. The first-order chi connectivity index (χ1) is 8.66. The molecule has 7 heteroatoms. The number of benzene rings is 1. The van der Waals surface area contributed by atoms with E-state index in [0.29, 0.717) is 18.7 Å². The van der Waals surface area contributed by atoms with Crippen molar-refractivity contribution >= 4 is 11.4 Å². The number of hydrogen-bond donors (Lipinski definition) is 2. The Bertz CT molecular complexity index is 542. The Labute approximate surface area is 102 Å². The van der Waals surface area contributed by atoms with E-state index in [1.54, 1.807) is 12.4 Å². The van der Waals surface area contributed by atoms with Crippen molar-refractivity contribution in [1.82, 2.24) is 9.97 Å². The molecule has 0 aliphatic heterocycles. The third-order valence-corrected chi connectivity index (χ3v) is 2.39. The highest BCUT2D eigenvalue weighted by Crippen LogP contribution is 2.24. The molecule has 2 aromatic rings. The minimum absolute atomic E-state index is 0.269. The largest absolute Gasteiger partial charge is 0.379 e. The predicted molar refractivity (Wildman–Crippen MR) is 63.8 cm³/mol. The first kappa shape index (κ1) is 12.0. The van der Waals surface area contributed by atoms with Gasteiger partial charge in [-0.25, -0.2) is 9.37 Å². The molecule has 1 heterocycles. The quantitative estimate of drug-likeness (QED) is 0.628. The molecule has 6 nitrogen and oxygen atoms in total. The molecular formula is C11H11FN4O2. The van der Waals surface area contributed by atoms with Crippen LogP contribution >= 0.6 is 0 Å². The Kier molecular flexibility index (Phi) is 3.52. The van der Waals surface area contributed by atoms with Crippen LogP contribution in [0.4, 0.5) is 15.8 Å². The van der Waals surface area contributed by atoms with Gasteiger partial charge in [0.2, 0.25) is 0 Å². The summed E-state index contributed by atoms with van der Waals surface area (Å²) < 4.78 is 12.9. The fraction of sp³-hybridized carbons (Fsp3) is 0.182.